The first-order chi connectivity index (χ1) is 8.15. The monoisotopic (exact) mass is 289 g/mol. The number of rotatable bonds is 4. The van der Waals surface area contributed by atoms with Crippen molar-refractivity contribution >= 4 is 29.7 Å². The molecular weight excluding hydrogens is 270 g/mol. The average Bonchev–Trinajstić information content (AvgIpc) is 2.90. The van der Waals surface area contributed by atoms with Crippen molar-refractivity contribution in [3.63, 3.8) is 0 Å². The van der Waals surface area contributed by atoms with Gasteiger partial charge in [0.1, 0.15) is 0 Å². The number of hydrogen-bond acceptors (Lipinski definition) is 4. The largest absolute Gasteiger partial charge is 0.340 e. The highest BCUT2D eigenvalue weighted by Crippen LogP contribution is 2.12. The summed E-state index contributed by atoms with van der Waals surface area (Å²) in [6.45, 7) is 2.99. The highest BCUT2D eigenvalue weighted by Gasteiger charge is 2.22. The van der Waals surface area contributed by atoms with Gasteiger partial charge in [0.2, 0.25) is 5.91 Å². The number of halogens is 1. The zero-order valence-corrected chi connectivity index (χ0v) is 12.2. The number of carbonyl (C=O) groups is 1. The average molecular weight is 290 g/mol. The van der Waals surface area contributed by atoms with E-state index in [1.807, 2.05) is 18.5 Å². The summed E-state index contributed by atoms with van der Waals surface area (Å²) in [6.07, 6.45) is 1.00. The number of nitrogens with zero attached hydrogens (tertiary/aromatic N) is 2. The molecule has 1 saturated heterocycles. The molecule has 102 valence electrons. The number of carbonyl (C=O) groups excluding carboxylic acids is 1. The Kier molecular flexibility index (Phi) is 6.08. The maximum atomic E-state index is 12.0. The van der Waals surface area contributed by atoms with Crippen LogP contribution in [-0.2, 0) is 11.3 Å². The van der Waals surface area contributed by atoms with E-state index in [1.165, 1.54) is 4.88 Å². The molecule has 1 amide bonds. The predicted molar refractivity (Wildman–Crippen MR) is 77.1 cm³/mol. The van der Waals surface area contributed by atoms with Crippen LogP contribution in [0.5, 0.6) is 0 Å². The Morgan fingerprint density at radius 3 is 3.00 bits per heavy atom. The molecule has 1 aromatic rings. The lowest BCUT2D eigenvalue weighted by atomic mass is 10.3. The van der Waals surface area contributed by atoms with E-state index in [2.05, 4.69) is 11.0 Å². The molecule has 1 aliphatic heterocycles. The number of amides is 1. The van der Waals surface area contributed by atoms with Crippen LogP contribution in [0.25, 0.3) is 0 Å². The van der Waals surface area contributed by atoms with E-state index in [0.717, 1.165) is 19.5 Å². The molecule has 0 saturated carbocycles. The van der Waals surface area contributed by atoms with E-state index in [-0.39, 0.29) is 24.4 Å². The van der Waals surface area contributed by atoms with Crippen LogP contribution in [0.1, 0.15) is 11.3 Å². The normalized spacial score (nSPS) is 19.6. The van der Waals surface area contributed by atoms with Gasteiger partial charge in [-0.25, -0.2) is 0 Å². The number of thiophene rings is 1. The quantitative estimate of drug-likeness (QED) is 0.905. The fourth-order valence-corrected chi connectivity index (χ4v) is 2.80. The van der Waals surface area contributed by atoms with Gasteiger partial charge in [-0.2, -0.15) is 0 Å². The molecule has 2 N–H and O–H groups in total. The third kappa shape index (κ3) is 4.24. The van der Waals surface area contributed by atoms with Crippen molar-refractivity contribution in [2.75, 3.05) is 26.7 Å². The van der Waals surface area contributed by atoms with Crippen LogP contribution in [0.4, 0.5) is 0 Å². The van der Waals surface area contributed by atoms with Gasteiger partial charge < -0.3 is 10.6 Å². The molecule has 18 heavy (non-hydrogen) atoms. The van der Waals surface area contributed by atoms with Crippen molar-refractivity contribution in [1.82, 2.24) is 9.80 Å². The molecule has 1 atom stereocenters. The van der Waals surface area contributed by atoms with Gasteiger partial charge in [0.25, 0.3) is 0 Å². The number of hydrogen-bond donors (Lipinski definition) is 1. The van der Waals surface area contributed by atoms with Crippen molar-refractivity contribution in [1.29, 1.82) is 0 Å². The van der Waals surface area contributed by atoms with Crippen molar-refractivity contribution in [3.05, 3.63) is 22.4 Å². The lowest BCUT2D eigenvalue weighted by Crippen LogP contribution is -2.38. The van der Waals surface area contributed by atoms with E-state index in [1.54, 1.807) is 16.2 Å². The molecule has 2 rings (SSSR count). The number of nitrogens with two attached hydrogens (primary N) is 1. The van der Waals surface area contributed by atoms with E-state index in [4.69, 9.17) is 5.73 Å². The third-order valence-electron chi connectivity index (χ3n) is 3.07. The van der Waals surface area contributed by atoms with Gasteiger partial charge >= 0.3 is 0 Å². The van der Waals surface area contributed by atoms with Crippen LogP contribution < -0.4 is 5.73 Å². The van der Waals surface area contributed by atoms with Gasteiger partial charge in [-0.05, 0) is 17.9 Å². The smallest absolute Gasteiger partial charge is 0.236 e. The molecule has 0 aliphatic carbocycles. The minimum absolute atomic E-state index is 0. The standard InChI is InChI=1S/C12H19N3OS.ClH/c1-14(8-11-3-2-6-17-11)12(16)9-15-5-4-10(13)7-15;/h2-3,6,10H,4-5,7-9,13H2,1H3;1H/t10-;/m1./s1. The second kappa shape index (κ2) is 7.09. The van der Waals surface area contributed by atoms with Crippen molar-refractivity contribution in [2.45, 2.75) is 19.0 Å². The molecule has 6 heteroatoms. The van der Waals surface area contributed by atoms with Crippen LogP contribution in [0.2, 0.25) is 0 Å². The maximum absolute atomic E-state index is 12.0. The molecule has 1 fully saturated rings. The molecule has 1 aromatic heterocycles. The Hall–Kier alpha value is -0.620. The Bertz CT molecular complexity index is 371. The third-order valence-corrected chi connectivity index (χ3v) is 3.93. The minimum atomic E-state index is 0. The first-order valence-electron chi connectivity index (χ1n) is 5.89. The summed E-state index contributed by atoms with van der Waals surface area (Å²) in [6, 6.07) is 4.31. The molecule has 0 bridgehead atoms. The van der Waals surface area contributed by atoms with Crippen molar-refractivity contribution in [2.24, 2.45) is 5.73 Å². The van der Waals surface area contributed by atoms with Gasteiger partial charge in [0, 0.05) is 31.1 Å². The first-order valence-corrected chi connectivity index (χ1v) is 6.77. The summed E-state index contributed by atoms with van der Waals surface area (Å²) < 4.78 is 0. The fraction of sp³-hybridized carbons (Fsp3) is 0.583. The Balaban J connectivity index is 0.00000162. The lowest BCUT2D eigenvalue weighted by molar-refractivity contribution is -0.131. The summed E-state index contributed by atoms with van der Waals surface area (Å²) in [4.78, 5) is 17.1. The maximum Gasteiger partial charge on any atom is 0.236 e. The first kappa shape index (κ1) is 15.4. The highest BCUT2D eigenvalue weighted by molar-refractivity contribution is 7.09. The molecule has 0 radical (unpaired) electrons. The SMILES string of the molecule is CN(Cc1cccs1)C(=O)CN1CC[C@@H](N)C1.Cl. The molecule has 0 unspecified atom stereocenters. The zero-order chi connectivity index (χ0) is 12.3. The molecule has 2 heterocycles. The molecule has 0 spiro atoms. The predicted octanol–water partition coefficient (Wildman–Crippen LogP) is 1.16. The van der Waals surface area contributed by atoms with Crippen molar-refractivity contribution in [3.8, 4) is 0 Å². The van der Waals surface area contributed by atoms with E-state index < -0.39 is 0 Å². The topological polar surface area (TPSA) is 49.6 Å². The summed E-state index contributed by atoms with van der Waals surface area (Å²) in [5.74, 6) is 0.174. The highest BCUT2D eigenvalue weighted by atomic mass is 35.5. The van der Waals surface area contributed by atoms with E-state index >= 15 is 0 Å². The molecule has 1 aliphatic rings. The lowest BCUT2D eigenvalue weighted by Gasteiger charge is -2.20. The number of likely N-dealkylation sites (tertiary alicyclic amines) is 1. The Labute approximate surface area is 118 Å². The second-order valence-electron chi connectivity index (χ2n) is 4.61. The Morgan fingerprint density at radius 2 is 2.44 bits per heavy atom. The van der Waals surface area contributed by atoms with Gasteiger partial charge in [-0.15, -0.1) is 23.7 Å². The van der Waals surface area contributed by atoms with Crippen LogP contribution in [0.15, 0.2) is 17.5 Å². The van der Waals surface area contributed by atoms with Gasteiger partial charge in [0.15, 0.2) is 0 Å². The summed E-state index contributed by atoms with van der Waals surface area (Å²) in [5, 5.41) is 2.03. The summed E-state index contributed by atoms with van der Waals surface area (Å²) >= 11 is 1.68. The molecular formula is C12H20ClN3OS. The molecule has 0 aromatic carbocycles. The van der Waals surface area contributed by atoms with Gasteiger partial charge in [0.05, 0.1) is 13.1 Å². The molecule has 4 nitrogen and oxygen atoms in total. The Morgan fingerprint density at radius 1 is 1.67 bits per heavy atom. The van der Waals surface area contributed by atoms with E-state index in [0.29, 0.717) is 13.1 Å². The summed E-state index contributed by atoms with van der Waals surface area (Å²) in [5.41, 5.74) is 5.82. The van der Waals surface area contributed by atoms with Crippen LogP contribution in [-0.4, -0.2) is 48.4 Å². The van der Waals surface area contributed by atoms with E-state index in [9.17, 15) is 4.79 Å². The van der Waals surface area contributed by atoms with Crippen LogP contribution in [0, 0.1) is 0 Å². The summed E-state index contributed by atoms with van der Waals surface area (Å²) in [7, 11) is 1.86. The van der Waals surface area contributed by atoms with Crippen LogP contribution >= 0.6 is 23.7 Å². The fourth-order valence-electron chi connectivity index (χ4n) is 2.04. The van der Waals surface area contributed by atoms with Crippen LogP contribution in [0.3, 0.4) is 0 Å². The minimum Gasteiger partial charge on any atom is -0.340 e. The second-order valence-corrected chi connectivity index (χ2v) is 5.65. The van der Waals surface area contributed by atoms with Gasteiger partial charge in [-0.3, -0.25) is 9.69 Å². The van der Waals surface area contributed by atoms with Gasteiger partial charge in [-0.1, -0.05) is 6.07 Å². The van der Waals surface area contributed by atoms with Crippen molar-refractivity contribution < 1.29 is 4.79 Å². The number of likely N-dealkylation sites (N-methyl/N-ethyl adjacent to an activating group) is 1. The zero-order valence-electron chi connectivity index (χ0n) is 10.5.